The van der Waals surface area contributed by atoms with Crippen molar-refractivity contribution in [2.75, 3.05) is 6.54 Å². The summed E-state index contributed by atoms with van der Waals surface area (Å²) in [4.78, 5) is 49.7. The van der Waals surface area contributed by atoms with Gasteiger partial charge < -0.3 is 10.1 Å². The van der Waals surface area contributed by atoms with Crippen LogP contribution in [0, 0.1) is 5.82 Å². The van der Waals surface area contributed by atoms with Crippen LogP contribution in [0.1, 0.15) is 45.4 Å². The van der Waals surface area contributed by atoms with Gasteiger partial charge in [-0.2, -0.15) is 0 Å². The molecule has 0 bridgehead atoms. The molecule has 10 heteroatoms. The number of nitrogens with zero attached hydrogens (tertiary/aromatic N) is 1. The number of ether oxygens (including phenoxy) is 1. The maximum atomic E-state index is 13.6. The van der Waals surface area contributed by atoms with Gasteiger partial charge in [-0.3, -0.25) is 30.1 Å². The highest BCUT2D eigenvalue weighted by Crippen LogP contribution is 2.35. The van der Waals surface area contributed by atoms with Crippen LogP contribution >= 0.6 is 0 Å². The Hall–Kier alpha value is -3.17. The molecule has 5 amide bonds. The SMILES string of the molecule is C[C@H](Oc1ccccc1F)C(=O)NNC(=O)CCCN1C(=O)NC2(CCCC2)C1=O. The molecule has 0 aromatic heterocycles. The number of nitrogens with one attached hydrogen (secondary N) is 3. The van der Waals surface area contributed by atoms with Crippen molar-refractivity contribution < 1.29 is 28.3 Å². The zero-order chi connectivity index (χ0) is 21.7. The minimum Gasteiger partial charge on any atom is -0.478 e. The molecule has 3 rings (SSSR count). The highest BCUT2D eigenvalue weighted by Gasteiger charge is 2.52. The van der Waals surface area contributed by atoms with Crippen LogP contribution in [0.25, 0.3) is 0 Å². The Kier molecular flexibility index (Phi) is 6.53. The number of imide groups is 1. The molecule has 9 nitrogen and oxygen atoms in total. The molecule has 1 atom stereocenters. The maximum Gasteiger partial charge on any atom is 0.325 e. The molecule has 0 radical (unpaired) electrons. The van der Waals surface area contributed by atoms with Crippen molar-refractivity contribution in [3.8, 4) is 5.75 Å². The number of hydrogen-bond donors (Lipinski definition) is 3. The van der Waals surface area contributed by atoms with Crippen LogP contribution in [0.15, 0.2) is 24.3 Å². The van der Waals surface area contributed by atoms with Crippen molar-refractivity contribution in [1.29, 1.82) is 0 Å². The van der Waals surface area contributed by atoms with E-state index >= 15 is 0 Å². The van der Waals surface area contributed by atoms with Crippen LogP contribution in [-0.2, 0) is 14.4 Å². The third-order valence-electron chi connectivity index (χ3n) is 5.32. The first-order valence-electron chi connectivity index (χ1n) is 9.96. The Morgan fingerprint density at radius 1 is 1.23 bits per heavy atom. The first-order chi connectivity index (χ1) is 14.3. The monoisotopic (exact) mass is 420 g/mol. The summed E-state index contributed by atoms with van der Waals surface area (Å²) in [5.74, 6) is -2.02. The van der Waals surface area contributed by atoms with Gasteiger partial charge in [-0.25, -0.2) is 9.18 Å². The molecule has 1 aliphatic carbocycles. The number of hydrazine groups is 1. The van der Waals surface area contributed by atoms with Gasteiger partial charge in [0, 0.05) is 13.0 Å². The first-order valence-corrected chi connectivity index (χ1v) is 9.96. The van der Waals surface area contributed by atoms with E-state index in [9.17, 15) is 23.6 Å². The second kappa shape index (κ2) is 9.10. The van der Waals surface area contributed by atoms with Crippen LogP contribution in [-0.4, -0.2) is 46.8 Å². The highest BCUT2D eigenvalue weighted by atomic mass is 19.1. The zero-order valence-corrected chi connectivity index (χ0v) is 16.7. The van der Waals surface area contributed by atoms with Crippen LogP contribution in [0.4, 0.5) is 9.18 Å². The number of benzene rings is 1. The molecular weight excluding hydrogens is 395 g/mol. The summed E-state index contributed by atoms with van der Waals surface area (Å²) in [6, 6.07) is 5.25. The average Bonchev–Trinajstić information content (AvgIpc) is 3.28. The molecule has 1 aromatic rings. The molecule has 1 saturated heterocycles. The Morgan fingerprint density at radius 2 is 1.93 bits per heavy atom. The van der Waals surface area contributed by atoms with E-state index in [1.807, 2.05) is 0 Å². The van der Waals surface area contributed by atoms with E-state index < -0.39 is 35.3 Å². The molecule has 162 valence electrons. The fourth-order valence-corrected chi connectivity index (χ4v) is 3.67. The molecule has 1 aromatic carbocycles. The quantitative estimate of drug-likeness (QED) is 0.455. The van der Waals surface area contributed by atoms with Crippen molar-refractivity contribution in [2.45, 2.75) is 57.1 Å². The lowest BCUT2D eigenvalue weighted by molar-refractivity contribution is -0.133. The lowest BCUT2D eigenvalue weighted by atomic mass is 9.98. The van der Waals surface area contributed by atoms with Crippen molar-refractivity contribution in [3.05, 3.63) is 30.1 Å². The zero-order valence-electron chi connectivity index (χ0n) is 16.7. The predicted octanol–water partition coefficient (Wildman–Crippen LogP) is 1.39. The fraction of sp³-hybridized carbons (Fsp3) is 0.500. The smallest absolute Gasteiger partial charge is 0.325 e. The number of carbonyl (C=O) groups is 4. The standard InChI is InChI=1S/C20H25FN4O5/c1-13(30-15-8-3-2-7-14(15)21)17(27)24-23-16(26)9-6-12-25-18(28)20(22-19(25)29)10-4-5-11-20/h2-3,7-8,13H,4-6,9-12H2,1H3,(H,22,29)(H,23,26)(H,24,27)/t13-/m0/s1. The average molecular weight is 420 g/mol. The minimum atomic E-state index is -1.03. The molecule has 3 N–H and O–H groups in total. The van der Waals surface area contributed by atoms with Gasteiger partial charge in [0.25, 0.3) is 11.8 Å². The number of para-hydroxylation sites is 1. The second-order valence-corrected chi connectivity index (χ2v) is 7.51. The Labute approximate surface area is 173 Å². The molecule has 1 saturated carbocycles. The van der Waals surface area contributed by atoms with E-state index in [0.717, 1.165) is 17.7 Å². The van der Waals surface area contributed by atoms with Crippen LogP contribution in [0.2, 0.25) is 0 Å². The summed E-state index contributed by atoms with van der Waals surface area (Å²) >= 11 is 0. The molecule has 1 heterocycles. The number of urea groups is 1. The maximum absolute atomic E-state index is 13.6. The normalized spacial score (nSPS) is 18.3. The van der Waals surface area contributed by atoms with E-state index in [1.165, 1.54) is 25.1 Å². The van der Waals surface area contributed by atoms with Crippen molar-refractivity contribution in [3.63, 3.8) is 0 Å². The Balaban J connectivity index is 1.38. The summed E-state index contributed by atoms with van der Waals surface area (Å²) in [6.45, 7) is 1.55. The highest BCUT2D eigenvalue weighted by molar-refractivity contribution is 6.07. The second-order valence-electron chi connectivity index (χ2n) is 7.51. The van der Waals surface area contributed by atoms with Gasteiger partial charge in [-0.15, -0.1) is 0 Å². The van der Waals surface area contributed by atoms with Gasteiger partial charge in [0.2, 0.25) is 5.91 Å². The molecule has 1 spiro atoms. The van der Waals surface area contributed by atoms with Gasteiger partial charge in [0.05, 0.1) is 0 Å². The van der Waals surface area contributed by atoms with Crippen LogP contribution in [0.5, 0.6) is 5.75 Å². The first kappa shape index (κ1) is 21.5. The predicted molar refractivity (Wildman–Crippen MR) is 103 cm³/mol. The molecule has 0 unspecified atom stereocenters. The lowest BCUT2D eigenvalue weighted by Gasteiger charge is -2.20. The van der Waals surface area contributed by atoms with Gasteiger partial charge >= 0.3 is 6.03 Å². The van der Waals surface area contributed by atoms with E-state index in [-0.39, 0.29) is 31.0 Å². The third kappa shape index (κ3) is 4.69. The topological polar surface area (TPSA) is 117 Å². The number of carbonyl (C=O) groups excluding carboxylic acids is 4. The van der Waals surface area contributed by atoms with E-state index in [2.05, 4.69) is 16.2 Å². The fourth-order valence-electron chi connectivity index (χ4n) is 3.67. The van der Waals surface area contributed by atoms with Crippen LogP contribution in [0.3, 0.4) is 0 Å². The Bertz CT molecular complexity index is 840. The number of rotatable bonds is 7. The molecule has 2 aliphatic rings. The van der Waals surface area contributed by atoms with Gasteiger partial charge in [-0.05, 0) is 38.3 Å². The Morgan fingerprint density at radius 3 is 2.63 bits per heavy atom. The third-order valence-corrected chi connectivity index (χ3v) is 5.32. The molecule has 2 fully saturated rings. The number of amides is 5. The van der Waals surface area contributed by atoms with E-state index in [4.69, 9.17) is 4.74 Å². The molecular formula is C20H25FN4O5. The van der Waals surface area contributed by atoms with Crippen molar-refractivity contribution in [1.82, 2.24) is 21.1 Å². The molecule has 1 aliphatic heterocycles. The summed E-state index contributed by atoms with van der Waals surface area (Å²) in [5, 5.41) is 2.78. The summed E-state index contributed by atoms with van der Waals surface area (Å²) in [7, 11) is 0. The summed E-state index contributed by atoms with van der Waals surface area (Å²) in [6.07, 6.45) is 2.34. The van der Waals surface area contributed by atoms with Gasteiger partial charge in [0.15, 0.2) is 17.7 Å². The molecule has 30 heavy (non-hydrogen) atoms. The summed E-state index contributed by atoms with van der Waals surface area (Å²) < 4.78 is 18.8. The van der Waals surface area contributed by atoms with Gasteiger partial charge in [-0.1, -0.05) is 25.0 Å². The van der Waals surface area contributed by atoms with E-state index in [0.29, 0.717) is 12.8 Å². The van der Waals surface area contributed by atoms with Crippen LogP contribution < -0.4 is 20.9 Å². The number of hydrogen-bond acceptors (Lipinski definition) is 5. The lowest BCUT2D eigenvalue weighted by Crippen LogP contribution is -2.47. The number of halogens is 1. The van der Waals surface area contributed by atoms with Gasteiger partial charge in [0.1, 0.15) is 5.54 Å². The van der Waals surface area contributed by atoms with E-state index in [1.54, 1.807) is 6.07 Å². The largest absolute Gasteiger partial charge is 0.478 e. The van der Waals surface area contributed by atoms with Crippen molar-refractivity contribution >= 4 is 23.8 Å². The summed E-state index contributed by atoms with van der Waals surface area (Å²) in [5.41, 5.74) is 3.69. The minimum absolute atomic E-state index is 0.00684. The van der Waals surface area contributed by atoms with Crippen molar-refractivity contribution in [2.24, 2.45) is 0 Å².